The van der Waals surface area contributed by atoms with E-state index in [1.807, 2.05) is 55.5 Å². The van der Waals surface area contributed by atoms with Crippen LogP contribution in [0.4, 0.5) is 5.69 Å². The van der Waals surface area contributed by atoms with Crippen LogP contribution in [0, 0.1) is 6.92 Å². The van der Waals surface area contributed by atoms with Gasteiger partial charge in [-0.05, 0) is 42.3 Å². The molecule has 0 saturated carbocycles. The summed E-state index contributed by atoms with van der Waals surface area (Å²) in [6.07, 6.45) is 1.94. The first kappa shape index (κ1) is 13.4. The first-order valence-electron chi connectivity index (χ1n) is 6.85. The van der Waals surface area contributed by atoms with E-state index in [4.69, 9.17) is 4.74 Å². The van der Waals surface area contributed by atoms with Crippen molar-refractivity contribution >= 4 is 23.2 Å². The molecule has 0 radical (unpaired) electrons. The molecular weight excluding hydrogens is 262 g/mol. The van der Waals surface area contributed by atoms with Gasteiger partial charge in [0.2, 0.25) is 0 Å². The van der Waals surface area contributed by atoms with Crippen LogP contribution in [0.2, 0.25) is 0 Å². The highest BCUT2D eigenvalue weighted by atomic mass is 16.5. The van der Waals surface area contributed by atoms with Crippen molar-refractivity contribution in [1.29, 1.82) is 0 Å². The maximum absolute atomic E-state index is 12.4. The topological polar surface area (TPSA) is 29.5 Å². The fraction of sp³-hybridized carbons (Fsp3) is 0.167. The summed E-state index contributed by atoms with van der Waals surface area (Å²) in [4.78, 5) is 14.1. The van der Waals surface area contributed by atoms with Crippen molar-refractivity contribution in [2.24, 2.45) is 0 Å². The molecule has 106 valence electrons. The quantitative estimate of drug-likeness (QED) is 0.787. The molecule has 2 aromatic rings. The Labute approximate surface area is 124 Å². The minimum absolute atomic E-state index is 0.0321. The second kappa shape index (κ2) is 5.09. The molecule has 0 N–H and O–H groups in total. The van der Waals surface area contributed by atoms with Gasteiger partial charge in [-0.1, -0.05) is 24.3 Å². The van der Waals surface area contributed by atoms with Crippen molar-refractivity contribution < 1.29 is 9.53 Å². The predicted octanol–water partition coefficient (Wildman–Crippen LogP) is 3.52. The van der Waals surface area contributed by atoms with Crippen LogP contribution in [0.5, 0.6) is 5.75 Å². The highest BCUT2D eigenvalue weighted by molar-refractivity contribution is 6.35. The average Bonchev–Trinajstić information content (AvgIpc) is 2.73. The summed E-state index contributed by atoms with van der Waals surface area (Å²) in [5.41, 5.74) is 4.73. The Kier molecular flexibility index (Phi) is 3.26. The van der Waals surface area contributed by atoms with Crippen LogP contribution in [0.25, 0.3) is 11.6 Å². The molecule has 0 spiro atoms. The lowest BCUT2D eigenvalue weighted by molar-refractivity contribution is -0.112. The molecular formula is C18H17NO2. The van der Waals surface area contributed by atoms with E-state index < -0.39 is 0 Å². The molecule has 1 amide bonds. The summed E-state index contributed by atoms with van der Waals surface area (Å²) in [6, 6.07) is 13.8. The number of ether oxygens (including phenoxy) is 1. The number of hydrogen-bond donors (Lipinski definition) is 0. The molecule has 0 aromatic heterocycles. The van der Waals surface area contributed by atoms with E-state index in [-0.39, 0.29) is 5.91 Å². The number of amides is 1. The third kappa shape index (κ3) is 2.21. The molecule has 1 aliphatic heterocycles. The number of carbonyl (C=O) groups is 1. The van der Waals surface area contributed by atoms with Gasteiger partial charge in [0.1, 0.15) is 5.75 Å². The summed E-state index contributed by atoms with van der Waals surface area (Å²) in [5.74, 6) is 0.886. The highest BCUT2D eigenvalue weighted by Gasteiger charge is 2.28. The normalized spacial score (nSPS) is 15.5. The number of carbonyl (C=O) groups excluding carboxylic acids is 1. The van der Waals surface area contributed by atoms with E-state index in [1.165, 1.54) is 0 Å². The van der Waals surface area contributed by atoms with Crippen molar-refractivity contribution in [2.45, 2.75) is 6.92 Å². The van der Waals surface area contributed by atoms with Crippen molar-refractivity contribution in [3.05, 3.63) is 59.2 Å². The van der Waals surface area contributed by atoms with Gasteiger partial charge in [-0.3, -0.25) is 4.79 Å². The molecule has 21 heavy (non-hydrogen) atoms. The third-order valence-electron chi connectivity index (χ3n) is 3.82. The second-order valence-corrected chi connectivity index (χ2v) is 5.17. The Morgan fingerprint density at radius 3 is 2.62 bits per heavy atom. The fourth-order valence-electron chi connectivity index (χ4n) is 2.70. The number of hydrogen-bond acceptors (Lipinski definition) is 2. The van der Waals surface area contributed by atoms with Gasteiger partial charge in [-0.2, -0.15) is 0 Å². The van der Waals surface area contributed by atoms with Gasteiger partial charge in [-0.15, -0.1) is 0 Å². The van der Waals surface area contributed by atoms with Crippen molar-refractivity contribution in [1.82, 2.24) is 0 Å². The highest BCUT2D eigenvalue weighted by Crippen LogP contribution is 2.36. The van der Waals surface area contributed by atoms with Crippen LogP contribution in [-0.2, 0) is 4.79 Å². The number of anilines is 1. The fourth-order valence-corrected chi connectivity index (χ4v) is 2.70. The minimum Gasteiger partial charge on any atom is -0.496 e. The summed E-state index contributed by atoms with van der Waals surface area (Å²) < 4.78 is 5.27. The van der Waals surface area contributed by atoms with E-state index in [0.717, 1.165) is 33.7 Å². The number of likely N-dealkylation sites (N-methyl/N-ethyl adjacent to an activating group) is 1. The third-order valence-corrected chi connectivity index (χ3v) is 3.82. The number of benzene rings is 2. The molecule has 3 nitrogen and oxygen atoms in total. The lowest BCUT2D eigenvalue weighted by Crippen LogP contribution is -2.20. The van der Waals surface area contributed by atoms with E-state index in [9.17, 15) is 4.79 Å². The zero-order valence-electron chi connectivity index (χ0n) is 12.4. The number of para-hydroxylation sites is 1. The van der Waals surface area contributed by atoms with Gasteiger partial charge in [0.25, 0.3) is 5.91 Å². The van der Waals surface area contributed by atoms with E-state index in [2.05, 4.69) is 0 Å². The van der Waals surface area contributed by atoms with E-state index in [0.29, 0.717) is 0 Å². The molecule has 0 atom stereocenters. The van der Waals surface area contributed by atoms with Crippen molar-refractivity contribution in [3.63, 3.8) is 0 Å². The standard InChI is InChI=1S/C18H17NO2/c1-12-10-13(8-9-17(12)21-3)11-15-14-6-4-5-7-16(14)19(2)18(15)20/h4-11H,1-3H3. The Bertz CT molecular complexity index is 747. The maximum atomic E-state index is 12.4. The van der Waals surface area contributed by atoms with Crippen LogP contribution in [-0.4, -0.2) is 20.1 Å². The number of rotatable bonds is 2. The van der Waals surface area contributed by atoms with Gasteiger partial charge in [0.05, 0.1) is 12.8 Å². The van der Waals surface area contributed by atoms with Crippen LogP contribution >= 0.6 is 0 Å². The van der Waals surface area contributed by atoms with E-state index >= 15 is 0 Å². The number of nitrogens with zero attached hydrogens (tertiary/aromatic N) is 1. The van der Waals surface area contributed by atoms with Gasteiger partial charge in [-0.25, -0.2) is 0 Å². The predicted molar refractivity (Wildman–Crippen MR) is 85.5 cm³/mol. The van der Waals surface area contributed by atoms with Gasteiger partial charge >= 0.3 is 0 Å². The zero-order valence-corrected chi connectivity index (χ0v) is 12.4. The molecule has 0 bridgehead atoms. The lowest BCUT2D eigenvalue weighted by atomic mass is 10.0. The van der Waals surface area contributed by atoms with E-state index in [1.54, 1.807) is 19.1 Å². The first-order chi connectivity index (χ1) is 10.1. The molecule has 2 aromatic carbocycles. The first-order valence-corrected chi connectivity index (χ1v) is 6.85. The Morgan fingerprint density at radius 1 is 1.14 bits per heavy atom. The summed E-state index contributed by atoms with van der Waals surface area (Å²) in [6.45, 7) is 2.00. The van der Waals surface area contributed by atoms with Crippen LogP contribution < -0.4 is 9.64 Å². The van der Waals surface area contributed by atoms with Crippen molar-refractivity contribution in [2.75, 3.05) is 19.1 Å². The maximum Gasteiger partial charge on any atom is 0.258 e. The number of aryl methyl sites for hydroxylation is 1. The SMILES string of the molecule is COc1ccc(C=C2C(=O)N(C)c3ccccc32)cc1C. The number of methoxy groups -OCH3 is 1. The smallest absolute Gasteiger partial charge is 0.258 e. The molecule has 0 saturated heterocycles. The minimum atomic E-state index is 0.0321. The Morgan fingerprint density at radius 2 is 1.90 bits per heavy atom. The van der Waals surface area contributed by atoms with Gasteiger partial charge in [0.15, 0.2) is 0 Å². The van der Waals surface area contributed by atoms with Crippen molar-refractivity contribution in [3.8, 4) is 5.75 Å². The molecule has 1 heterocycles. The zero-order chi connectivity index (χ0) is 15.0. The largest absolute Gasteiger partial charge is 0.496 e. The van der Waals surface area contributed by atoms with Gasteiger partial charge < -0.3 is 9.64 Å². The van der Waals surface area contributed by atoms with Gasteiger partial charge in [0, 0.05) is 18.2 Å². The second-order valence-electron chi connectivity index (χ2n) is 5.17. The van der Waals surface area contributed by atoms with Crippen LogP contribution in [0.15, 0.2) is 42.5 Å². The number of fused-ring (bicyclic) bond motifs is 1. The van der Waals surface area contributed by atoms with Crippen LogP contribution in [0.1, 0.15) is 16.7 Å². The average molecular weight is 279 g/mol. The Balaban J connectivity index is 2.08. The Hall–Kier alpha value is -2.55. The molecule has 3 heteroatoms. The molecule has 0 aliphatic carbocycles. The summed E-state index contributed by atoms with van der Waals surface area (Å²) in [5, 5.41) is 0. The van der Waals surface area contributed by atoms with Crippen LogP contribution in [0.3, 0.4) is 0 Å². The summed E-state index contributed by atoms with van der Waals surface area (Å²) in [7, 11) is 3.47. The molecule has 1 aliphatic rings. The molecule has 0 fully saturated rings. The summed E-state index contributed by atoms with van der Waals surface area (Å²) >= 11 is 0. The molecule has 3 rings (SSSR count). The lowest BCUT2D eigenvalue weighted by Gasteiger charge is -2.08. The monoisotopic (exact) mass is 279 g/mol. The molecule has 0 unspecified atom stereocenters.